The molecule has 0 radical (unpaired) electrons. The van der Waals surface area contributed by atoms with Crippen LogP contribution in [0.4, 0.5) is 45.5 Å². The van der Waals surface area contributed by atoms with Gasteiger partial charge in [-0.3, -0.25) is 0 Å². The van der Waals surface area contributed by atoms with Crippen molar-refractivity contribution in [1.82, 2.24) is 0 Å². The van der Waals surface area contributed by atoms with E-state index in [9.17, 15) is 0 Å². The molecule has 0 amide bonds. The highest BCUT2D eigenvalue weighted by atomic mass is 15.1. The molecule has 6 aromatic rings. The molecule has 3 saturated carbocycles. The average molecular weight is 805 g/mol. The van der Waals surface area contributed by atoms with Gasteiger partial charge in [0.05, 0.1) is 0 Å². The Balaban J connectivity index is 1.09. The van der Waals surface area contributed by atoms with Crippen molar-refractivity contribution in [2.24, 2.45) is 5.41 Å². The maximum atomic E-state index is 3.64. The molecule has 3 bridgehead atoms. The molecule has 2 unspecified atom stereocenters. The van der Waals surface area contributed by atoms with Crippen molar-refractivity contribution in [3.63, 3.8) is 0 Å². The van der Waals surface area contributed by atoms with E-state index in [2.05, 4.69) is 189 Å². The number of fused-ring (bicyclic) bond motifs is 3. The van der Waals surface area contributed by atoms with E-state index in [1.54, 1.807) is 11.1 Å². The Kier molecular flexibility index (Phi) is 10.2. The quantitative estimate of drug-likeness (QED) is 0.101. The van der Waals surface area contributed by atoms with Gasteiger partial charge in [-0.05, 0) is 195 Å². The summed E-state index contributed by atoms with van der Waals surface area (Å²) in [6.07, 6.45) is 12.6. The highest BCUT2D eigenvalue weighted by Crippen LogP contribution is 2.81. The third-order valence-corrected chi connectivity index (χ3v) is 15.4. The highest BCUT2D eigenvalue weighted by molar-refractivity contribution is 5.87. The molecular weight excluding hydrogens is 741 g/mol. The minimum Gasteiger partial charge on any atom is -0.385 e. The first-order chi connectivity index (χ1) is 29.7. The van der Waals surface area contributed by atoms with Gasteiger partial charge in [-0.15, -0.1) is 0 Å². The summed E-state index contributed by atoms with van der Waals surface area (Å²) in [7, 11) is 0. The van der Waals surface area contributed by atoms with Crippen LogP contribution >= 0.6 is 0 Å². The van der Waals surface area contributed by atoms with E-state index in [4.69, 9.17) is 0 Å². The third kappa shape index (κ3) is 6.73. The zero-order chi connectivity index (χ0) is 41.8. The first-order valence-electron chi connectivity index (χ1n) is 23.5. The summed E-state index contributed by atoms with van der Waals surface area (Å²) >= 11 is 0. The molecule has 3 spiro atoms. The summed E-state index contributed by atoms with van der Waals surface area (Å²) in [5, 5.41) is 7.26. The molecule has 4 aliphatic carbocycles. The SMILES string of the molecule is CCCCNc1ccc(N(c2ccc(C)cc2)c2ccc3c(c2)C24CCC5(CC[C@@]2(C5)c2cc(N(c5ccc(NCCCC)cc5)c5ccc(C(C)C)cc5)ccc2-3)C4)cc1. The standard InChI is InChI=1S/C57H64N4/c1-6-8-34-58-43-14-22-47(23-15-43)60(45-18-10-41(5)11-19-45)49-26-28-51-52-29-27-50(37-54(52)57-33-31-55(39-57)30-32-56(57,38-55)53(51)36-49)61(46-20-12-42(13-21-46)40(3)4)48-24-16-44(17-25-48)59-35-9-7-2/h10-29,36-37,40,58-59H,6-9,30-35,38-39H2,1-5H3/t55?,56?,57-/m1/s1. The Bertz CT molecular complexity index is 2500. The summed E-state index contributed by atoms with van der Waals surface area (Å²) in [4.78, 5) is 4.99. The lowest BCUT2D eigenvalue weighted by atomic mass is 9.51. The highest BCUT2D eigenvalue weighted by Gasteiger charge is 2.73. The van der Waals surface area contributed by atoms with Crippen molar-refractivity contribution in [3.05, 3.63) is 156 Å². The number of nitrogens with zero attached hydrogens (tertiary/aromatic N) is 2. The predicted octanol–water partition coefficient (Wildman–Crippen LogP) is 16.0. The number of aryl methyl sites for hydroxylation is 1. The molecule has 0 heterocycles. The molecule has 61 heavy (non-hydrogen) atoms. The largest absolute Gasteiger partial charge is 0.385 e. The van der Waals surface area contributed by atoms with E-state index in [0.29, 0.717) is 11.3 Å². The molecule has 4 heteroatoms. The number of anilines is 8. The maximum absolute atomic E-state index is 3.64. The van der Waals surface area contributed by atoms with Gasteiger partial charge in [0.15, 0.2) is 0 Å². The molecule has 10 rings (SSSR count). The van der Waals surface area contributed by atoms with Gasteiger partial charge in [0.2, 0.25) is 0 Å². The second-order valence-corrected chi connectivity index (χ2v) is 19.4. The topological polar surface area (TPSA) is 30.5 Å². The molecule has 3 atom stereocenters. The number of nitrogens with one attached hydrogen (secondary N) is 2. The smallest absolute Gasteiger partial charge is 0.0465 e. The van der Waals surface area contributed by atoms with Gasteiger partial charge in [0.25, 0.3) is 0 Å². The first-order valence-corrected chi connectivity index (χ1v) is 23.5. The van der Waals surface area contributed by atoms with E-state index in [-0.39, 0.29) is 10.8 Å². The van der Waals surface area contributed by atoms with Gasteiger partial charge >= 0.3 is 0 Å². The third-order valence-electron chi connectivity index (χ3n) is 15.4. The van der Waals surface area contributed by atoms with Crippen LogP contribution in [-0.2, 0) is 10.8 Å². The van der Waals surface area contributed by atoms with Crippen LogP contribution in [0.15, 0.2) is 133 Å². The lowest BCUT2D eigenvalue weighted by molar-refractivity contribution is 0.231. The Morgan fingerprint density at radius 2 is 0.885 bits per heavy atom. The summed E-state index contributed by atoms with van der Waals surface area (Å²) in [6, 6.07) is 51.6. The van der Waals surface area contributed by atoms with Gasteiger partial charge in [-0.2, -0.15) is 0 Å². The van der Waals surface area contributed by atoms with Crippen LogP contribution in [0.2, 0.25) is 0 Å². The van der Waals surface area contributed by atoms with Crippen LogP contribution < -0.4 is 20.4 Å². The molecule has 2 N–H and O–H groups in total. The lowest BCUT2D eigenvalue weighted by Gasteiger charge is -2.52. The number of hydrogen-bond donors (Lipinski definition) is 2. The zero-order valence-corrected chi connectivity index (χ0v) is 37.2. The fourth-order valence-corrected chi connectivity index (χ4v) is 12.2. The predicted molar refractivity (Wildman–Crippen MR) is 260 cm³/mol. The molecule has 6 aromatic carbocycles. The van der Waals surface area contributed by atoms with Crippen molar-refractivity contribution >= 4 is 45.5 Å². The maximum Gasteiger partial charge on any atom is 0.0465 e. The zero-order valence-electron chi connectivity index (χ0n) is 37.2. The molecule has 0 saturated heterocycles. The number of hydrogen-bond acceptors (Lipinski definition) is 4. The Morgan fingerprint density at radius 1 is 0.492 bits per heavy atom. The fourth-order valence-electron chi connectivity index (χ4n) is 12.2. The summed E-state index contributed by atoms with van der Waals surface area (Å²) in [5.41, 5.74) is 19.1. The van der Waals surface area contributed by atoms with Crippen molar-refractivity contribution in [2.75, 3.05) is 33.5 Å². The van der Waals surface area contributed by atoms with E-state index in [0.717, 1.165) is 13.1 Å². The monoisotopic (exact) mass is 805 g/mol. The summed E-state index contributed by atoms with van der Waals surface area (Å²) < 4.78 is 0. The van der Waals surface area contributed by atoms with Crippen molar-refractivity contribution in [1.29, 1.82) is 0 Å². The number of rotatable bonds is 15. The molecule has 0 aliphatic heterocycles. The normalized spacial score (nSPS) is 21.5. The van der Waals surface area contributed by atoms with E-state index in [1.165, 1.54) is 132 Å². The molecule has 312 valence electrons. The molecule has 0 aromatic heterocycles. The Labute approximate surface area is 365 Å². The number of benzene rings is 6. The van der Waals surface area contributed by atoms with Crippen molar-refractivity contribution < 1.29 is 0 Å². The minimum absolute atomic E-state index is 0.142. The van der Waals surface area contributed by atoms with E-state index in [1.807, 2.05) is 0 Å². The lowest BCUT2D eigenvalue weighted by Crippen LogP contribution is -2.47. The van der Waals surface area contributed by atoms with Crippen LogP contribution in [0.1, 0.15) is 120 Å². The van der Waals surface area contributed by atoms with Crippen LogP contribution in [0.3, 0.4) is 0 Å². The van der Waals surface area contributed by atoms with Gasteiger partial charge in [0.1, 0.15) is 0 Å². The fraction of sp³-hybridized carbons (Fsp3) is 0.368. The number of unbranched alkanes of at least 4 members (excludes halogenated alkanes) is 2. The van der Waals surface area contributed by atoms with E-state index < -0.39 is 0 Å². The molecule has 3 fully saturated rings. The van der Waals surface area contributed by atoms with Crippen LogP contribution in [0.5, 0.6) is 0 Å². The summed E-state index contributed by atoms with van der Waals surface area (Å²) in [5.74, 6) is 0.491. The van der Waals surface area contributed by atoms with Gasteiger partial charge < -0.3 is 20.4 Å². The second-order valence-electron chi connectivity index (χ2n) is 19.4. The van der Waals surface area contributed by atoms with E-state index >= 15 is 0 Å². The van der Waals surface area contributed by atoms with Gasteiger partial charge in [0, 0.05) is 69.4 Å². The van der Waals surface area contributed by atoms with Crippen molar-refractivity contribution in [3.8, 4) is 11.1 Å². The van der Waals surface area contributed by atoms with Gasteiger partial charge in [-0.25, -0.2) is 0 Å². The van der Waals surface area contributed by atoms with Crippen LogP contribution in [-0.4, -0.2) is 13.1 Å². The second kappa shape index (κ2) is 15.8. The van der Waals surface area contributed by atoms with Gasteiger partial charge in [-0.1, -0.05) is 82.5 Å². The van der Waals surface area contributed by atoms with Crippen LogP contribution in [0, 0.1) is 12.3 Å². The minimum atomic E-state index is 0.142. The Hall–Kier alpha value is -5.48. The molecule has 4 nitrogen and oxygen atoms in total. The average Bonchev–Trinajstić information content (AvgIpc) is 3.93. The van der Waals surface area contributed by atoms with Crippen molar-refractivity contribution in [2.45, 2.75) is 116 Å². The Morgan fingerprint density at radius 3 is 1.30 bits per heavy atom. The van der Waals surface area contributed by atoms with Crippen LogP contribution in [0.25, 0.3) is 11.1 Å². The molecular formula is C57H64N4. The first kappa shape index (κ1) is 39.6. The molecule has 4 aliphatic rings. The summed E-state index contributed by atoms with van der Waals surface area (Å²) in [6.45, 7) is 13.2.